The number of nitrogens with zero attached hydrogens (tertiary/aromatic N) is 4. The summed E-state index contributed by atoms with van der Waals surface area (Å²) in [6, 6.07) is 2.51. The molecule has 0 bridgehead atoms. The first kappa shape index (κ1) is 21.0. The number of aromatic nitrogens is 2. The molecular weight excluding hydrogens is 400 g/mol. The quantitative estimate of drug-likeness (QED) is 0.755. The largest absolute Gasteiger partial charge is 0.487 e. The van der Waals surface area contributed by atoms with Gasteiger partial charge in [0.05, 0.1) is 6.61 Å². The minimum atomic E-state index is -0.726. The molecule has 31 heavy (non-hydrogen) atoms. The molecule has 1 fully saturated rings. The van der Waals surface area contributed by atoms with Gasteiger partial charge >= 0.3 is 0 Å². The van der Waals surface area contributed by atoms with E-state index in [1.165, 1.54) is 18.3 Å². The number of hydrogen-bond acceptors (Lipinski definition) is 6. The van der Waals surface area contributed by atoms with Crippen LogP contribution in [0.15, 0.2) is 48.1 Å². The molecule has 4 rings (SSSR count). The molecule has 8 heteroatoms. The Balaban J connectivity index is 1.33. The summed E-state index contributed by atoms with van der Waals surface area (Å²) in [7, 11) is 0. The first-order valence-corrected chi connectivity index (χ1v) is 10.4. The molecule has 1 aromatic heterocycles. The van der Waals surface area contributed by atoms with E-state index in [4.69, 9.17) is 4.74 Å². The van der Waals surface area contributed by atoms with Crippen LogP contribution in [-0.2, 0) is 6.42 Å². The number of hydrogen-bond donors (Lipinski definition) is 1. The zero-order valence-corrected chi connectivity index (χ0v) is 17.4. The topological polar surface area (TPSA) is 62.6 Å². The number of nitrogens with one attached hydrogen (secondary N) is 1. The van der Waals surface area contributed by atoms with Crippen LogP contribution in [-0.4, -0.2) is 35.9 Å². The van der Waals surface area contributed by atoms with Crippen molar-refractivity contribution in [3.05, 3.63) is 65.9 Å². The number of aryl methyl sites for hydroxylation is 1. The van der Waals surface area contributed by atoms with Gasteiger partial charge in [-0.15, -0.1) is 0 Å². The van der Waals surface area contributed by atoms with E-state index in [1.807, 2.05) is 12.4 Å². The van der Waals surface area contributed by atoms with Crippen LogP contribution in [0.1, 0.15) is 30.9 Å². The van der Waals surface area contributed by atoms with Crippen molar-refractivity contribution in [1.82, 2.24) is 15.3 Å². The van der Waals surface area contributed by atoms with Crippen LogP contribution in [0.3, 0.4) is 0 Å². The van der Waals surface area contributed by atoms with Gasteiger partial charge in [-0.2, -0.15) is 0 Å². The molecule has 0 unspecified atom stereocenters. The van der Waals surface area contributed by atoms with Crippen molar-refractivity contribution in [2.75, 3.05) is 24.6 Å². The molecule has 0 atom stereocenters. The average Bonchev–Trinajstić information content (AvgIpc) is 2.79. The van der Waals surface area contributed by atoms with E-state index in [0.717, 1.165) is 43.9 Å². The Kier molecular flexibility index (Phi) is 6.25. The summed E-state index contributed by atoms with van der Waals surface area (Å²) in [5.41, 5.74) is 2.06. The van der Waals surface area contributed by atoms with Crippen LogP contribution < -0.4 is 15.0 Å². The molecule has 6 nitrogen and oxygen atoms in total. The molecule has 1 saturated heterocycles. The van der Waals surface area contributed by atoms with Gasteiger partial charge in [-0.3, -0.25) is 0 Å². The monoisotopic (exact) mass is 425 g/mol. The molecule has 0 spiro atoms. The normalized spacial score (nSPS) is 16.8. The molecule has 0 saturated carbocycles. The van der Waals surface area contributed by atoms with Gasteiger partial charge in [0.2, 0.25) is 5.95 Å². The number of benzene rings is 1. The number of piperidine rings is 1. The van der Waals surface area contributed by atoms with Crippen molar-refractivity contribution in [2.45, 2.75) is 26.2 Å². The van der Waals surface area contributed by atoms with Crippen LogP contribution in [0, 0.1) is 17.6 Å². The maximum Gasteiger partial charge on any atom is 0.225 e. The highest BCUT2D eigenvalue weighted by molar-refractivity contribution is 6.10. The van der Waals surface area contributed by atoms with Crippen molar-refractivity contribution in [3.63, 3.8) is 0 Å². The van der Waals surface area contributed by atoms with Gasteiger partial charge < -0.3 is 15.0 Å². The maximum absolute atomic E-state index is 14.5. The van der Waals surface area contributed by atoms with Crippen molar-refractivity contribution < 1.29 is 13.5 Å². The molecule has 2 aliphatic rings. The lowest BCUT2D eigenvalue weighted by Gasteiger charge is -2.31. The van der Waals surface area contributed by atoms with Crippen LogP contribution in [0.2, 0.25) is 0 Å². The summed E-state index contributed by atoms with van der Waals surface area (Å²) >= 11 is 0. The van der Waals surface area contributed by atoms with Gasteiger partial charge in [0.15, 0.2) is 17.4 Å². The maximum atomic E-state index is 14.5. The lowest BCUT2D eigenvalue weighted by molar-refractivity contribution is 0.207. The number of rotatable bonds is 6. The summed E-state index contributed by atoms with van der Waals surface area (Å²) in [5, 5.41) is 2.83. The van der Waals surface area contributed by atoms with Gasteiger partial charge in [0.1, 0.15) is 5.82 Å². The Morgan fingerprint density at radius 3 is 2.42 bits per heavy atom. The fourth-order valence-corrected chi connectivity index (χ4v) is 3.60. The Hall–Kier alpha value is -3.29. The third-order valence-electron chi connectivity index (χ3n) is 5.55. The van der Waals surface area contributed by atoms with E-state index in [2.05, 4.69) is 38.7 Å². The van der Waals surface area contributed by atoms with Crippen molar-refractivity contribution in [3.8, 4) is 5.75 Å². The Labute approximate surface area is 180 Å². The second-order valence-electron chi connectivity index (χ2n) is 7.70. The lowest BCUT2D eigenvalue weighted by Crippen LogP contribution is -2.36. The standard InChI is InChI=1S/C23H25F2N5O/c1-3-16-10-28-23(29-11-16)30-6-4-17(5-7-30)14-31-22-20(24)8-18(9-21(22)25)19-12-26-15(2)27-13-19/h8-13,17,26H,2-7,14H2,1H3. The third-order valence-corrected chi connectivity index (χ3v) is 5.55. The molecule has 1 aromatic carbocycles. The minimum absolute atomic E-state index is 0.216. The fourth-order valence-electron chi connectivity index (χ4n) is 3.60. The molecule has 2 aromatic rings. The summed E-state index contributed by atoms with van der Waals surface area (Å²) in [6.45, 7) is 7.57. The summed E-state index contributed by atoms with van der Waals surface area (Å²) in [4.78, 5) is 15.0. The van der Waals surface area contributed by atoms with Crippen LogP contribution in [0.25, 0.3) is 5.57 Å². The van der Waals surface area contributed by atoms with E-state index in [1.54, 1.807) is 6.20 Å². The fraction of sp³-hybridized carbons (Fsp3) is 0.348. The van der Waals surface area contributed by atoms with Crippen LogP contribution in [0.4, 0.5) is 14.7 Å². The third kappa shape index (κ3) is 4.90. The smallest absolute Gasteiger partial charge is 0.225 e. The molecule has 0 radical (unpaired) electrons. The molecule has 3 heterocycles. The highest BCUT2D eigenvalue weighted by atomic mass is 19.1. The molecule has 2 aliphatic heterocycles. The van der Waals surface area contributed by atoms with Gasteiger partial charge in [-0.05, 0) is 48.4 Å². The molecular formula is C23H25F2N5O. The van der Waals surface area contributed by atoms with Crippen molar-refractivity contribution in [2.24, 2.45) is 10.9 Å². The van der Waals surface area contributed by atoms with Crippen LogP contribution >= 0.6 is 0 Å². The first-order chi connectivity index (χ1) is 15.0. The zero-order chi connectivity index (χ0) is 21.8. The second-order valence-corrected chi connectivity index (χ2v) is 7.70. The molecule has 1 N–H and O–H groups in total. The Bertz CT molecular complexity index is 988. The van der Waals surface area contributed by atoms with Gasteiger partial charge in [0.25, 0.3) is 0 Å². The highest BCUT2D eigenvalue weighted by Gasteiger charge is 2.23. The van der Waals surface area contributed by atoms with Gasteiger partial charge in [0, 0.05) is 43.5 Å². The summed E-state index contributed by atoms with van der Waals surface area (Å²) < 4.78 is 34.6. The van der Waals surface area contributed by atoms with E-state index >= 15 is 0 Å². The van der Waals surface area contributed by atoms with E-state index in [0.29, 0.717) is 17.0 Å². The number of anilines is 1. The average molecular weight is 425 g/mol. The highest BCUT2D eigenvalue weighted by Crippen LogP contribution is 2.28. The predicted octanol–water partition coefficient (Wildman–Crippen LogP) is 4.10. The zero-order valence-electron chi connectivity index (χ0n) is 17.4. The molecule has 162 valence electrons. The molecule has 0 aliphatic carbocycles. The number of ether oxygens (including phenoxy) is 1. The van der Waals surface area contributed by atoms with E-state index in [-0.39, 0.29) is 18.3 Å². The number of aliphatic imine (C=N–C) groups is 1. The van der Waals surface area contributed by atoms with Gasteiger partial charge in [-0.25, -0.2) is 23.7 Å². The second kappa shape index (κ2) is 9.24. The van der Waals surface area contributed by atoms with E-state index in [9.17, 15) is 8.78 Å². The first-order valence-electron chi connectivity index (χ1n) is 10.4. The van der Waals surface area contributed by atoms with E-state index < -0.39 is 11.6 Å². The minimum Gasteiger partial charge on any atom is -0.487 e. The number of halogens is 2. The Morgan fingerprint density at radius 2 is 1.84 bits per heavy atom. The van der Waals surface area contributed by atoms with Crippen molar-refractivity contribution in [1.29, 1.82) is 0 Å². The summed E-state index contributed by atoms with van der Waals surface area (Å²) in [6.07, 6.45) is 9.44. The lowest BCUT2D eigenvalue weighted by atomic mass is 9.98. The van der Waals surface area contributed by atoms with Gasteiger partial charge in [-0.1, -0.05) is 13.5 Å². The molecule has 0 amide bonds. The van der Waals surface area contributed by atoms with Crippen molar-refractivity contribution >= 4 is 17.7 Å². The number of allylic oxidation sites excluding steroid dienone is 1. The summed E-state index contributed by atoms with van der Waals surface area (Å²) in [5.74, 6) is -0.377. The predicted molar refractivity (Wildman–Crippen MR) is 117 cm³/mol. The Morgan fingerprint density at radius 1 is 1.16 bits per heavy atom. The SMILES string of the molecule is C=C1N=CC(c2cc(F)c(OCC3CCN(c4ncc(CC)cn4)CC3)c(F)c2)=CN1. The van der Waals surface area contributed by atoms with Crippen LogP contribution in [0.5, 0.6) is 5.75 Å².